The molecule has 0 aromatic carbocycles. The second kappa shape index (κ2) is 32.4. The zero-order valence-electron chi connectivity index (χ0n) is 18.1. The van der Waals surface area contributed by atoms with Gasteiger partial charge >= 0.3 is 26.2 Å². The first kappa shape index (κ1) is 36.6. The standard InChI is InChI=1S/4C5H11O.Zr/c4*1-5(2)3-4-6;/h4*5H,3-4H2,1-2H3;/q4*-1;+4. The molecule has 0 amide bonds. The van der Waals surface area contributed by atoms with Gasteiger partial charge < -0.3 is 20.4 Å². The Kier molecular flexibility index (Phi) is 47.4. The molecule has 4 nitrogen and oxygen atoms in total. The van der Waals surface area contributed by atoms with E-state index in [0.717, 1.165) is 25.7 Å². The molecule has 0 radical (unpaired) electrons. The largest absolute Gasteiger partial charge is 4.00 e. The van der Waals surface area contributed by atoms with Crippen molar-refractivity contribution in [3.8, 4) is 0 Å². The maximum atomic E-state index is 9.74. The predicted octanol–water partition coefficient (Wildman–Crippen LogP) is 1.57. The molecule has 0 aromatic heterocycles. The van der Waals surface area contributed by atoms with Crippen LogP contribution in [-0.2, 0) is 26.2 Å². The van der Waals surface area contributed by atoms with Gasteiger partial charge in [0.05, 0.1) is 0 Å². The zero-order chi connectivity index (χ0) is 20.0. The summed E-state index contributed by atoms with van der Waals surface area (Å²) in [6.07, 6.45) is 3.28. The molecule has 0 aliphatic rings. The first-order valence-electron chi connectivity index (χ1n) is 9.41. The first-order valence-corrected chi connectivity index (χ1v) is 9.41. The number of rotatable bonds is 8. The van der Waals surface area contributed by atoms with Crippen LogP contribution in [0.25, 0.3) is 0 Å². The molecule has 0 bridgehead atoms. The SMILES string of the molecule is CC(C)CC[O-].CC(C)CC[O-].CC(C)CC[O-].CC(C)CC[O-].[Zr+4]. The molecule has 0 aliphatic heterocycles. The van der Waals surface area contributed by atoms with Gasteiger partial charge in [0.25, 0.3) is 0 Å². The minimum absolute atomic E-state index is 0. The van der Waals surface area contributed by atoms with Crippen LogP contribution >= 0.6 is 0 Å². The fourth-order valence-corrected chi connectivity index (χ4v) is 0.943. The van der Waals surface area contributed by atoms with Gasteiger partial charge in [0, 0.05) is 0 Å². The molecule has 5 heteroatoms. The number of hydrogen-bond acceptors (Lipinski definition) is 4. The minimum Gasteiger partial charge on any atom is -0.854 e. The van der Waals surface area contributed by atoms with Gasteiger partial charge in [-0.3, -0.25) is 0 Å². The number of hydrogen-bond donors (Lipinski definition) is 0. The van der Waals surface area contributed by atoms with Gasteiger partial charge in [-0.1, -0.05) is 81.1 Å². The van der Waals surface area contributed by atoms with Crippen LogP contribution in [0, 0.1) is 23.7 Å². The average molecular weight is 440 g/mol. The summed E-state index contributed by atoms with van der Waals surface area (Å²) in [6, 6.07) is 0. The van der Waals surface area contributed by atoms with E-state index in [-0.39, 0.29) is 52.6 Å². The van der Waals surface area contributed by atoms with Crippen molar-refractivity contribution in [3.63, 3.8) is 0 Å². The van der Waals surface area contributed by atoms with Crippen molar-refractivity contribution in [2.75, 3.05) is 26.4 Å². The van der Waals surface area contributed by atoms with E-state index < -0.39 is 0 Å². The molecule has 0 rings (SSSR count). The van der Waals surface area contributed by atoms with E-state index in [2.05, 4.69) is 55.4 Å². The van der Waals surface area contributed by atoms with Gasteiger partial charge in [0.1, 0.15) is 0 Å². The Labute approximate surface area is 177 Å². The maximum Gasteiger partial charge on any atom is 4.00 e. The first-order chi connectivity index (χ1) is 11.1. The average Bonchev–Trinajstić information content (AvgIpc) is 2.39. The van der Waals surface area contributed by atoms with Crippen LogP contribution in [0.3, 0.4) is 0 Å². The van der Waals surface area contributed by atoms with Gasteiger partial charge in [0.2, 0.25) is 0 Å². The Bertz CT molecular complexity index is 147. The molecular weight excluding hydrogens is 395 g/mol. The zero-order valence-corrected chi connectivity index (χ0v) is 20.6. The molecule has 152 valence electrons. The van der Waals surface area contributed by atoms with Gasteiger partial charge in [-0.15, -0.1) is 26.4 Å². The molecule has 0 heterocycles. The summed E-state index contributed by atoms with van der Waals surface area (Å²) in [5.74, 6) is 2.34. The van der Waals surface area contributed by atoms with Gasteiger partial charge in [0.15, 0.2) is 0 Å². The van der Waals surface area contributed by atoms with Crippen molar-refractivity contribution < 1.29 is 46.6 Å². The molecule has 0 unspecified atom stereocenters. The third-order valence-electron chi connectivity index (χ3n) is 2.78. The summed E-state index contributed by atoms with van der Waals surface area (Å²) < 4.78 is 0. The topological polar surface area (TPSA) is 92.2 Å². The van der Waals surface area contributed by atoms with Crippen LogP contribution < -0.4 is 20.4 Å². The molecule has 0 N–H and O–H groups in total. The molecule has 25 heavy (non-hydrogen) atoms. The van der Waals surface area contributed by atoms with Gasteiger partial charge in [-0.05, 0) is 23.7 Å². The third kappa shape index (κ3) is 78.9. The van der Waals surface area contributed by atoms with Crippen LogP contribution in [-0.4, -0.2) is 26.4 Å². The maximum absolute atomic E-state index is 9.74. The normalized spacial score (nSPS) is 9.60. The minimum atomic E-state index is 0. The van der Waals surface area contributed by atoms with Crippen molar-refractivity contribution in [3.05, 3.63) is 0 Å². The van der Waals surface area contributed by atoms with Crippen molar-refractivity contribution in [2.45, 2.75) is 81.1 Å². The summed E-state index contributed by atoms with van der Waals surface area (Å²) in [6.45, 7) is 16.8. The Balaban J connectivity index is -0.0000000702. The van der Waals surface area contributed by atoms with Crippen molar-refractivity contribution >= 4 is 0 Å². The van der Waals surface area contributed by atoms with Crippen LogP contribution in [0.15, 0.2) is 0 Å². The monoisotopic (exact) mass is 438 g/mol. The Morgan fingerprint density at radius 1 is 0.400 bits per heavy atom. The molecule has 0 aliphatic carbocycles. The fourth-order valence-electron chi connectivity index (χ4n) is 0.943. The molecule has 0 aromatic rings. The van der Waals surface area contributed by atoms with E-state index in [4.69, 9.17) is 0 Å². The van der Waals surface area contributed by atoms with E-state index in [9.17, 15) is 20.4 Å². The summed E-state index contributed by atoms with van der Waals surface area (Å²) in [5, 5.41) is 39.0. The van der Waals surface area contributed by atoms with E-state index in [1.54, 1.807) is 0 Å². The van der Waals surface area contributed by atoms with Gasteiger partial charge in [-0.25, -0.2) is 0 Å². The van der Waals surface area contributed by atoms with E-state index in [0.29, 0.717) is 23.7 Å². The Hall–Kier alpha value is 0.723. The Morgan fingerprint density at radius 2 is 0.520 bits per heavy atom. The second-order valence-electron chi connectivity index (χ2n) is 7.55. The smallest absolute Gasteiger partial charge is 0.854 e. The quantitative estimate of drug-likeness (QED) is 0.574. The molecule has 0 saturated carbocycles. The van der Waals surface area contributed by atoms with Crippen LogP contribution in [0.1, 0.15) is 81.1 Å². The summed E-state index contributed by atoms with van der Waals surface area (Å²) in [7, 11) is 0. The van der Waals surface area contributed by atoms with Crippen LogP contribution in [0.4, 0.5) is 0 Å². The van der Waals surface area contributed by atoms with E-state index >= 15 is 0 Å². The van der Waals surface area contributed by atoms with Gasteiger partial charge in [-0.2, -0.15) is 0 Å². The van der Waals surface area contributed by atoms with Crippen molar-refractivity contribution in [1.82, 2.24) is 0 Å². The molecule has 0 atom stereocenters. The summed E-state index contributed by atoms with van der Waals surface area (Å²) in [4.78, 5) is 0. The summed E-state index contributed by atoms with van der Waals surface area (Å²) in [5.41, 5.74) is 0. The van der Waals surface area contributed by atoms with Crippen LogP contribution in [0.2, 0.25) is 0 Å². The van der Waals surface area contributed by atoms with Crippen molar-refractivity contribution in [1.29, 1.82) is 0 Å². The summed E-state index contributed by atoms with van der Waals surface area (Å²) >= 11 is 0. The van der Waals surface area contributed by atoms with Crippen molar-refractivity contribution in [2.24, 2.45) is 23.7 Å². The predicted molar refractivity (Wildman–Crippen MR) is 97.3 cm³/mol. The third-order valence-corrected chi connectivity index (χ3v) is 2.78. The van der Waals surface area contributed by atoms with E-state index in [1.807, 2.05) is 0 Å². The Morgan fingerprint density at radius 3 is 0.520 bits per heavy atom. The van der Waals surface area contributed by atoms with E-state index in [1.165, 1.54) is 0 Å². The fraction of sp³-hybridized carbons (Fsp3) is 1.00. The molecule has 0 saturated heterocycles. The molecule has 0 fully saturated rings. The molecular formula is C20H44O4Zr. The van der Waals surface area contributed by atoms with Crippen LogP contribution in [0.5, 0.6) is 0 Å². The second-order valence-corrected chi connectivity index (χ2v) is 7.55. The molecule has 0 spiro atoms.